The highest BCUT2D eigenvalue weighted by atomic mass is 32.2. The van der Waals surface area contributed by atoms with Crippen LogP contribution in [0.4, 0.5) is 0 Å². The third-order valence-corrected chi connectivity index (χ3v) is 6.35. The van der Waals surface area contributed by atoms with Gasteiger partial charge < -0.3 is 5.11 Å². The Hall–Kier alpha value is -2.84. The van der Waals surface area contributed by atoms with Gasteiger partial charge in [0.15, 0.2) is 0 Å². The average molecular weight is 381 g/mol. The van der Waals surface area contributed by atoms with Crippen molar-refractivity contribution in [2.75, 3.05) is 0 Å². The molecule has 5 rings (SSSR count). The zero-order chi connectivity index (χ0) is 18.9. The summed E-state index contributed by atoms with van der Waals surface area (Å²) in [5.41, 5.74) is 4.46. The van der Waals surface area contributed by atoms with E-state index in [2.05, 4.69) is 4.98 Å². The molecule has 8 heteroatoms. The Bertz CT molecular complexity index is 1240. The van der Waals surface area contributed by atoms with Crippen molar-refractivity contribution in [2.24, 2.45) is 11.1 Å². The molecule has 0 saturated heterocycles. The number of fused-ring (bicyclic) bond motifs is 4. The summed E-state index contributed by atoms with van der Waals surface area (Å²) in [6.07, 6.45) is 7.01. The molecule has 2 atom stereocenters. The number of allylic oxidation sites excluding steroid dienone is 5. The molecule has 2 unspecified atom stereocenters. The van der Waals surface area contributed by atoms with Gasteiger partial charge in [0.1, 0.15) is 0 Å². The number of rotatable bonds is 2. The van der Waals surface area contributed by atoms with Crippen LogP contribution in [0.25, 0.3) is 16.6 Å². The van der Waals surface area contributed by atoms with E-state index < -0.39 is 16.0 Å². The molecule has 0 amide bonds. The lowest BCUT2D eigenvalue weighted by Crippen LogP contribution is -2.20. The molecule has 3 aliphatic rings. The van der Waals surface area contributed by atoms with Gasteiger partial charge in [-0.1, -0.05) is 6.08 Å². The highest BCUT2D eigenvalue weighted by molar-refractivity contribution is 7.93. The number of hydrogen-bond acceptors (Lipinski definition) is 5. The van der Waals surface area contributed by atoms with Gasteiger partial charge in [-0.05, 0) is 54.3 Å². The Morgan fingerprint density at radius 2 is 2.00 bits per heavy atom. The maximum Gasteiger partial charge on any atom is 0.335 e. The summed E-state index contributed by atoms with van der Waals surface area (Å²) in [6.45, 7) is 0. The number of carbonyl (C=O) groups is 1. The predicted octanol–water partition coefficient (Wildman–Crippen LogP) is 2.33. The van der Waals surface area contributed by atoms with Gasteiger partial charge in [-0.25, -0.2) is 28.3 Å². The average Bonchev–Trinajstić information content (AvgIpc) is 2.93. The van der Waals surface area contributed by atoms with Crippen molar-refractivity contribution in [2.45, 2.75) is 18.8 Å². The molecule has 136 valence electrons. The molecule has 3 aliphatic carbocycles. The van der Waals surface area contributed by atoms with Crippen LogP contribution in [0.1, 0.15) is 40.5 Å². The van der Waals surface area contributed by atoms with Crippen LogP contribution in [0.2, 0.25) is 0 Å². The first-order valence-corrected chi connectivity index (χ1v) is 10.1. The zero-order valence-corrected chi connectivity index (χ0v) is 14.9. The lowest BCUT2D eigenvalue weighted by Gasteiger charge is -2.28. The molecule has 27 heavy (non-hydrogen) atoms. The van der Waals surface area contributed by atoms with Gasteiger partial charge in [-0.15, -0.1) is 0 Å². The van der Waals surface area contributed by atoms with Crippen molar-refractivity contribution < 1.29 is 18.3 Å². The smallest absolute Gasteiger partial charge is 0.335 e. The number of nitrogens with zero attached hydrogens (tertiary/aromatic N) is 2. The third-order valence-electron chi connectivity index (χ3n) is 5.45. The van der Waals surface area contributed by atoms with E-state index in [0.717, 1.165) is 29.7 Å². The van der Waals surface area contributed by atoms with Crippen LogP contribution in [-0.4, -0.2) is 29.5 Å². The van der Waals surface area contributed by atoms with Gasteiger partial charge in [0.05, 0.1) is 32.9 Å². The van der Waals surface area contributed by atoms with Crippen LogP contribution in [0.5, 0.6) is 0 Å². The maximum absolute atomic E-state index is 11.9. The Morgan fingerprint density at radius 1 is 1.19 bits per heavy atom. The number of aromatic nitrogens is 2. The second kappa shape index (κ2) is 5.34. The van der Waals surface area contributed by atoms with E-state index in [1.165, 1.54) is 12.1 Å². The van der Waals surface area contributed by atoms with E-state index in [0.29, 0.717) is 16.7 Å². The largest absolute Gasteiger partial charge is 0.478 e. The minimum Gasteiger partial charge on any atom is -0.478 e. The van der Waals surface area contributed by atoms with Crippen molar-refractivity contribution in [3.05, 3.63) is 63.9 Å². The molecular formula is C19H15N3O4S. The minimum absolute atomic E-state index is 0.0232. The number of carboxylic acid groups (broad SMARTS) is 1. The molecule has 2 aromatic rings. The molecule has 0 aliphatic heterocycles. The van der Waals surface area contributed by atoms with Crippen LogP contribution in [0, 0.1) is 5.92 Å². The number of benzene rings is 1. The van der Waals surface area contributed by atoms with Gasteiger partial charge in [-0.3, -0.25) is 0 Å². The number of hydrogen-bond donors (Lipinski definition) is 2. The van der Waals surface area contributed by atoms with Crippen LogP contribution >= 0.6 is 0 Å². The number of sulfonamides is 1. The van der Waals surface area contributed by atoms with Crippen molar-refractivity contribution in [1.29, 1.82) is 0 Å². The van der Waals surface area contributed by atoms with E-state index in [-0.39, 0.29) is 22.3 Å². The van der Waals surface area contributed by atoms with Crippen LogP contribution in [0.3, 0.4) is 0 Å². The van der Waals surface area contributed by atoms with Crippen LogP contribution < -0.4 is 5.14 Å². The number of primary sulfonamides is 1. The fourth-order valence-electron chi connectivity index (χ4n) is 4.30. The Balaban J connectivity index is 1.78. The van der Waals surface area contributed by atoms with Crippen LogP contribution in [0.15, 0.2) is 46.9 Å². The topological polar surface area (TPSA) is 123 Å². The van der Waals surface area contributed by atoms with Crippen LogP contribution in [-0.2, 0) is 10.0 Å². The highest BCUT2D eigenvalue weighted by Gasteiger charge is 2.44. The molecular weight excluding hydrogens is 366 g/mol. The summed E-state index contributed by atoms with van der Waals surface area (Å²) in [6, 6.07) is 4.67. The van der Waals surface area contributed by atoms with Crippen molar-refractivity contribution in [3.8, 4) is 0 Å². The second-order valence-electron chi connectivity index (χ2n) is 7.02. The van der Waals surface area contributed by atoms with Gasteiger partial charge in [0.2, 0.25) is 10.0 Å². The first-order chi connectivity index (χ1) is 12.8. The van der Waals surface area contributed by atoms with E-state index in [9.17, 15) is 18.3 Å². The molecule has 7 nitrogen and oxygen atoms in total. The zero-order valence-electron chi connectivity index (χ0n) is 14.1. The first-order valence-electron chi connectivity index (χ1n) is 8.54. The summed E-state index contributed by atoms with van der Waals surface area (Å²) in [5, 5.41) is 14.6. The van der Waals surface area contributed by atoms with Crippen molar-refractivity contribution >= 4 is 32.6 Å². The monoisotopic (exact) mass is 381 g/mol. The molecule has 3 N–H and O–H groups in total. The number of aromatic carboxylic acids is 1. The molecule has 0 fully saturated rings. The van der Waals surface area contributed by atoms with Gasteiger partial charge in [-0.2, -0.15) is 0 Å². The summed E-state index contributed by atoms with van der Waals surface area (Å²) in [7, 11) is -3.85. The van der Waals surface area contributed by atoms with E-state index in [4.69, 9.17) is 10.1 Å². The highest BCUT2D eigenvalue weighted by Crippen LogP contribution is 2.54. The molecule has 0 spiro atoms. The summed E-state index contributed by atoms with van der Waals surface area (Å²) in [4.78, 5) is 20.8. The maximum atomic E-state index is 11.9. The molecule has 0 saturated carbocycles. The van der Waals surface area contributed by atoms with Crippen molar-refractivity contribution in [3.63, 3.8) is 0 Å². The number of nitrogens with two attached hydrogens (primary N) is 1. The third kappa shape index (κ3) is 2.37. The van der Waals surface area contributed by atoms with E-state index >= 15 is 0 Å². The summed E-state index contributed by atoms with van der Waals surface area (Å²) >= 11 is 0. The van der Waals surface area contributed by atoms with E-state index in [1.54, 1.807) is 18.2 Å². The fraction of sp³-hybridized carbons (Fsp3) is 0.211. The molecule has 1 heterocycles. The molecule has 0 radical (unpaired) electrons. The Labute approximate surface area is 155 Å². The molecule has 1 aromatic carbocycles. The van der Waals surface area contributed by atoms with Gasteiger partial charge in [0, 0.05) is 11.8 Å². The summed E-state index contributed by atoms with van der Waals surface area (Å²) in [5.74, 6) is -0.870. The number of carboxylic acids is 1. The Kier molecular flexibility index (Phi) is 3.23. The minimum atomic E-state index is -3.85. The standard InChI is InChI=1S/C19H15N3O4S/c20-27(25,26)11-6-9-2-1-3-12-16(9)13(8-11)18-17(12)21-14-5-4-10(19(23)24)7-15(14)22-18/h2,4-8,12,16H,1,3H2,(H,23,24)(H2,20,25,26). The quantitative estimate of drug-likeness (QED) is 0.823. The SMILES string of the molecule is NS(=O)(=O)C1=CC2=CCCC3c4nc5ccc(C(=O)O)cc5nc4C(=C1)C23. The molecule has 0 bridgehead atoms. The van der Waals surface area contributed by atoms with Gasteiger partial charge in [0.25, 0.3) is 0 Å². The summed E-state index contributed by atoms with van der Waals surface area (Å²) < 4.78 is 23.8. The lowest BCUT2D eigenvalue weighted by molar-refractivity contribution is 0.0697. The normalized spacial score (nSPS) is 23.2. The second-order valence-corrected chi connectivity index (χ2v) is 8.58. The lowest BCUT2D eigenvalue weighted by atomic mass is 9.76. The van der Waals surface area contributed by atoms with E-state index in [1.807, 2.05) is 6.08 Å². The molecule has 1 aromatic heterocycles. The fourth-order valence-corrected chi connectivity index (χ4v) is 4.89. The Morgan fingerprint density at radius 3 is 2.74 bits per heavy atom. The predicted molar refractivity (Wildman–Crippen MR) is 99.2 cm³/mol. The van der Waals surface area contributed by atoms with Crippen molar-refractivity contribution in [1.82, 2.24) is 9.97 Å². The van der Waals surface area contributed by atoms with Gasteiger partial charge >= 0.3 is 5.97 Å². The first kappa shape index (κ1) is 16.3.